The molecule has 3 aromatic carbocycles. The summed E-state index contributed by atoms with van der Waals surface area (Å²) in [6, 6.07) is 10.3. The van der Waals surface area contributed by atoms with Crippen molar-refractivity contribution in [3.8, 4) is 11.5 Å². The molecule has 6 atom stereocenters. The number of benzene rings is 3. The van der Waals surface area contributed by atoms with Gasteiger partial charge in [-0.2, -0.15) is 0 Å². The number of ether oxygens (including phenoxy) is 4. The van der Waals surface area contributed by atoms with Gasteiger partial charge in [0.25, 0.3) is 5.56 Å². The van der Waals surface area contributed by atoms with E-state index in [0.29, 0.717) is 16.7 Å². The van der Waals surface area contributed by atoms with Gasteiger partial charge in [-0.1, -0.05) is 30.3 Å². The lowest BCUT2D eigenvalue weighted by Crippen LogP contribution is -2.57. The van der Waals surface area contributed by atoms with Crippen molar-refractivity contribution >= 4 is 40.2 Å². The van der Waals surface area contributed by atoms with Gasteiger partial charge in [-0.25, -0.2) is 9.59 Å². The molecule has 0 radical (unpaired) electrons. The third-order valence-electron chi connectivity index (χ3n) is 11.6. The van der Waals surface area contributed by atoms with Crippen molar-refractivity contribution in [1.29, 1.82) is 0 Å². The number of fused-ring (bicyclic) bond motifs is 4. The number of nitrogens with zero attached hydrogens (tertiary/aromatic N) is 1. The SMILES string of the molecule is CCOC(=O)[C@H](Cc1ccccc1)n1cc2c3c(c(C)cc(O)c3c1=O)[C@]1(OC)[C@H](C2=O)[C@]23COC(=O)c4c(O)cc(C)c(c42)C(=O)[C@H]1[C@@H]3OC(C)=O. The number of rotatable bonds is 7. The van der Waals surface area contributed by atoms with Crippen LogP contribution in [0.1, 0.15) is 78.8 Å². The molecule has 4 aromatic rings. The van der Waals surface area contributed by atoms with Gasteiger partial charge in [-0.3, -0.25) is 23.7 Å². The van der Waals surface area contributed by atoms with E-state index in [1.807, 2.05) is 0 Å². The Kier molecular flexibility index (Phi) is 7.50. The van der Waals surface area contributed by atoms with E-state index in [4.69, 9.17) is 18.9 Å². The minimum Gasteiger partial charge on any atom is -0.507 e. The Bertz CT molecular complexity index is 2410. The number of aryl methyl sites for hydroxylation is 2. The van der Waals surface area contributed by atoms with Crippen molar-refractivity contribution in [2.75, 3.05) is 20.3 Å². The first kappa shape index (κ1) is 34.3. The van der Waals surface area contributed by atoms with Crippen molar-refractivity contribution in [3.63, 3.8) is 0 Å². The molecule has 53 heavy (non-hydrogen) atoms. The quantitative estimate of drug-likeness (QED) is 0.208. The maximum Gasteiger partial charge on any atom is 0.342 e. The van der Waals surface area contributed by atoms with Crippen molar-refractivity contribution in [2.24, 2.45) is 11.8 Å². The average Bonchev–Trinajstić information content (AvgIpc) is 3.29. The molecule has 1 fully saturated rings. The summed E-state index contributed by atoms with van der Waals surface area (Å²) in [4.78, 5) is 85.2. The van der Waals surface area contributed by atoms with E-state index < -0.39 is 88.1 Å². The second kappa shape index (κ2) is 11.6. The fourth-order valence-corrected chi connectivity index (χ4v) is 9.86. The van der Waals surface area contributed by atoms with Gasteiger partial charge in [-0.15, -0.1) is 0 Å². The van der Waals surface area contributed by atoms with Crippen molar-refractivity contribution in [1.82, 2.24) is 4.57 Å². The highest BCUT2D eigenvalue weighted by Crippen LogP contribution is 2.70. The van der Waals surface area contributed by atoms with Crippen LogP contribution in [0.4, 0.5) is 0 Å². The zero-order chi connectivity index (χ0) is 37.9. The van der Waals surface area contributed by atoms with Crippen LogP contribution in [0.25, 0.3) is 10.8 Å². The van der Waals surface area contributed by atoms with Crippen molar-refractivity contribution in [3.05, 3.63) is 104 Å². The van der Waals surface area contributed by atoms with E-state index in [0.717, 1.165) is 11.5 Å². The van der Waals surface area contributed by atoms with E-state index in [2.05, 4.69) is 0 Å². The topological polar surface area (TPSA) is 185 Å². The van der Waals surface area contributed by atoms with Crippen LogP contribution >= 0.6 is 0 Å². The number of aromatic nitrogens is 1. The van der Waals surface area contributed by atoms with Gasteiger partial charge >= 0.3 is 17.9 Å². The Hall–Kier alpha value is -5.82. The molecule has 0 unspecified atom stereocenters. The molecule has 1 spiro atoms. The number of hydrogen-bond donors (Lipinski definition) is 2. The van der Waals surface area contributed by atoms with Gasteiger partial charge in [0, 0.05) is 43.2 Å². The Morgan fingerprint density at radius 2 is 1.66 bits per heavy atom. The smallest absolute Gasteiger partial charge is 0.342 e. The zero-order valence-corrected chi connectivity index (χ0v) is 29.5. The average molecular weight is 722 g/mol. The summed E-state index contributed by atoms with van der Waals surface area (Å²) < 4.78 is 24.6. The highest BCUT2D eigenvalue weighted by molar-refractivity contribution is 6.19. The van der Waals surface area contributed by atoms with Gasteiger partial charge in [0.1, 0.15) is 41.4 Å². The molecule has 13 heteroatoms. The van der Waals surface area contributed by atoms with E-state index in [9.17, 15) is 29.4 Å². The van der Waals surface area contributed by atoms with E-state index in [-0.39, 0.29) is 51.6 Å². The molecule has 1 aromatic heterocycles. The van der Waals surface area contributed by atoms with Crippen molar-refractivity contribution < 1.29 is 53.1 Å². The Morgan fingerprint density at radius 1 is 0.962 bits per heavy atom. The molecule has 2 N–H and O–H groups in total. The molecular weight excluding hydrogens is 686 g/mol. The third-order valence-corrected chi connectivity index (χ3v) is 11.6. The molecule has 0 amide bonds. The first-order valence-electron chi connectivity index (χ1n) is 17.2. The molecule has 3 aliphatic carbocycles. The van der Waals surface area contributed by atoms with Gasteiger partial charge in [-0.05, 0) is 60.7 Å². The van der Waals surface area contributed by atoms with Crippen LogP contribution < -0.4 is 5.56 Å². The number of carbonyl (C=O) groups is 5. The van der Waals surface area contributed by atoms with Crippen LogP contribution in [0.2, 0.25) is 0 Å². The predicted octanol–water partition coefficient (Wildman–Crippen LogP) is 3.90. The minimum atomic E-state index is -1.94. The summed E-state index contributed by atoms with van der Waals surface area (Å²) in [5, 5.41) is 22.4. The number of aromatic hydroxyl groups is 2. The van der Waals surface area contributed by atoms with E-state index in [1.165, 1.54) is 25.4 Å². The predicted molar refractivity (Wildman–Crippen MR) is 185 cm³/mol. The Labute approximate surface area is 302 Å². The zero-order valence-electron chi connectivity index (χ0n) is 29.5. The third kappa shape index (κ3) is 4.22. The van der Waals surface area contributed by atoms with Crippen molar-refractivity contribution in [2.45, 2.75) is 57.3 Å². The Morgan fingerprint density at radius 3 is 2.32 bits per heavy atom. The highest BCUT2D eigenvalue weighted by atomic mass is 16.6. The van der Waals surface area contributed by atoms with E-state index >= 15 is 9.59 Å². The van der Waals surface area contributed by atoms with Crippen LogP contribution in [0.5, 0.6) is 11.5 Å². The first-order valence-corrected chi connectivity index (χ1v) is 17.2. The molecule has 1 aliphatic heterocycles. The number of phenolic OH excluding ortho intramolecular Hbond substituents is 2. The van der Waals surface area contributed by atoms with Gasteiger partial charge in [0.2, 0.25) is 0 Å². The molecule has 1 saturated carbocycles. The first-order chi connectivity index (χ1) is 25.3. The summed E-state index contributed by atoms with van der Waals surface area (Å²) >= 11 is 0. The molecular formula is C40H35NO12. The molecule has 13 nitrogen and oxygen atoms in total. The lowest BCUT2D eigenvalue weighted by atomic mass is 9.59. The van der Waals surface area contributed by atoms with Crippen LogP contribution in [0.15, 0.2) is 53.5 Å². The fraction of sp³-hybridized carbons (Fsp3) is 0.350. The fourth-order valence-electron chi connectivity index (χ4n) is 9.86. The minimum absolute atomic E-state index is 0.00388. The molecule has 4 aliphatic rings. The molecule has 0 saturated heterocycles. The Balaban J connectivity index is 1.50. The van der Waals surface area contributed by atoms with Crippen LogP contribution in [0, 0.1) is 25.7 Å². The van der Waals surface area contributed by atoms with Gasteiger partial charge in [0.05, 0.1) is 29.2 Å². The number of esters is 3. The standard InChI is InChI=1S/C40H35NO12/c1-6-51-37(48)22(14-20-10-8-7-9-11-20)41-15-21-26-27(36(41)47)23(43)13-18(3)29(26)40(50-5)31-33(46)25-17(2)12-24(44)28-30(25)39(16-52-38(28)49,34(40)32(21)45)35(31)53-19(4)42/h7-13,15,22,31,34-35,43-44H,6,14,16H2,1-5H3/t22-,31-,34+,35-,39-,40+/m0/s1. The maximum atomic E-state index is 15.6. The number of phenols is 2. The summed E-state index contributed by atoms with van der Waals surface area (Å²) in [6.07, 6.45) is -0.168. The summed E-state index contributed by atoms with van der Waals surface area (Å²) in [5.74, 6) is -7.55. The maximum absolute atomic E-state index is 15.6. The van der Waals surface area contributed by atoms with Gasteiger partial charge in [0.15, 0.2) is 11.6 Å². The molecule has 2 bridgehead atoms. The number of ketones is 2. The molecule has 2 heterocycles. The summed E-state index contributed by atoms with van der Waals surface area (Å²) in [7, 11) is 1.31. The normalized spacial score (nSPS) is 25.4. The molecule has 272 valence electrons. The number of methoxy groups -OCH3 is 1. The second-order valence-electron chi connectivity index (χ2n) is 14.2. The van der Waals surface area contributed by atoms with Gasteiger partial charge < -0.3 is 29.2 Å². The lowest BCUT2D eigenvalue weighted by molar-refractivity contribution is -0.154. The number of hydrogen-bond acceptors (Lipinski definition) is 12. The summed E-state index contributed by atoms with van der Waals surface area (Å²) in [5.41, 5.74) is -3.22. The monoisotopic (exact) mass is 721 g/mol. The second-order valence-corrected chi connectivity index (χ2v) is 14.2. The number of cyclic esters (lactones) is 1. The number of carbonyl (C=O) groups excluding carboxylic acids is 5. The van der Waals surface area contributed by atoms with Crippen LogP contribution in [0.3, 0.4) is 0 Å². The molecule has 8 rings (SSSR count). The van der Waals surface area contributed by atoms with Crippen LogP contribution in [-0.2, 0) is 46.0 Å². The number of Topliss-reactive ketones (excluding diaryl/α,β-unsaturated/α-hetero) is 2. The lowest BCUT2D eigenvalue weighted by Gasteiger charge is -2.47. The highest BCUT2D eigenvalue weighted by Gasteiger charge is 2.80. The van der Waals surface area contributed by atoms with E-state index in [1.54, 1.807) is 51.1 Å². The summed E-state index contributed by atoms with van der Waals surface area (Å²) in [6.45, 7) is 5.49. The number of pyridine rings is 1. The van der Waals surface area contributed by atoms with Crippen LogP contribution in [-0.4, -0.2) is 70.7 Å². The largest absolute Gasteiger partial charge is 0.507 e.